The van der Waals surface area contributed by atoms with Gasteiger partial charge in [0.1, 0.15) is 41.7 Å². The summed E-state index contributed by atoms with van der Waals surface area (Å²) >= 11 is 1.83. The van der Waals surface area contributed by atoms with Crippen molar-refractivity contribution >= 4 is 59.2 Å². The second kappa shape index (κ2) is 16.0. The molecule has 0 saturated carbocycles. The van der Waals surface area contributed by atoms with Crippen LogP contribution in [0.3, 0.4) is 0 Å². The van der Waals surface area contributed by atoms with Gasteiger partial charge in [0.15, 0.2) is 6.04 Å². The lowest BCUT2D eigenvalue weighted by molar-refractivity contribution is -0.152. The van der Waals surface area contributed by atoms with Crippen LogP contribution in [0.1, 0.15) is 50.9 Å². The van der Waals surface area contributed by atoms with E-state index in [-0.39, 0.29) is 27.6 Å². The third kappa shape index (κ3) is 8.99. The zero-order valence-electron chi connectivity index (χ0n) is 28.6. The molecule has 3 amide bonds. The molecule has 11 N–H and O–H groups in total. The Kier molecular flexibility index (Phi) is 12.3. The average Bonchev–Trinajstić information content (AvgIpc) is 3.58. The van der Waals surface area contributed by atoms with E-state index in [2.05, 4.69) is 26.6 Å². The number of hydrogen-bond donors (Lipinski definition) is 10. The van der Waals surface area contributed by atoms with E-state index in [0.29, 0.717) is 0 Å². The van der Waals surface area contributed by atoms with Gasteiger partial charge in [-0.2, -0.15) is 5.01 Å². The Balaban J connectivity index is 1.73. The minimum absolute atomic E-state index is 0.0611. The molecular formula is C32H39N7O12S2. The van der Waals surface area contributed by atoms with Crippen molar-refractivity contribution < 1.29 is 54.3 Å². The first-order valence-corrected chi connectivity index (χ1v) is 17.6. The van der Waals surface area contributed by atoms with Crippen LogP contribution in [0.15, 0.2) is 53.8 Å². The van der Waals surface area contributed by atoms with Gasteiger partial charge in [-0.15, -0.1) is 28.4 Å². The van der Waals surface area contributed by atoms with Crippen molar-refractivity contribution in [2.45, 2.75) is 84.2 Å². The van der Waals surface area contributed by atoms with E-state index in [9.17, 15) is 59.2 Å². The molecule has 0 spiro atoms. The minimum Gasteiger partial charge on any atom is -0.508 e. The standard InChI is InChI=1S/C32H39N7O12S2/c1-31(2)21(29(47)48)36-25(52-31)19(35-23(42)17(33)13-5-9-15(40)10-6-13)24(43)34-18(14-7-11-16(41)12-8-14)27(44)39(38-51)20(28(45)46)26-37-22(30(49)50)32(3,4)53-26/h5-12,17-22,25-26,36-37,40-41H,33H2,1-4H3,(H,34,43)(H,35,42)(H,45,46)(H,47,48)(H,49,50)/t17-,18-,19-,20+,21+,22+,25-,26-/m1/s1. The molecule has 2 aliphatic rings. The highest BCUT2D eigenvalue weighted by Crippen LogP contribution is 2.41. The highest BCUT2D eigenvalue weighted by molar-refractivity contribution is 8.01. The summed E-state index contributed by atoms with van der Waals surface area (Å²) in [6.45, 7) is 6.23. The Morgan fingerprint density at radius 1 is 0.755 bits per heavy atom. The number of carbonyl (C=O) groups is 6. The lowest BCUT2D eigenvalue weighted by Crippen LogP contribution is -2.60. The van der Waals surface area contributed by atoms with Crippen molar-refractivity contribution in [1.82, 2.24) is 26.3 Å². The molecule has 286 valence electrons. The summed E-state index contributed by atoms with van der Waals surface area (Å²) in [7, 11) is 0. The molecule has 2 heterocycles. The second-order valence-electron chi connectivity index (χ2n) is 13.3. The van der Waals surface area contributed by atoms with Crippen LogP contribution in [0.2, 0.25) is 0 Å². The van der Waals surface area contributed by atoms with Gasteiger partial charge in [-0.05, 0) is 63.1 Å². The van der Waals surface area contributed by atoms with E-state index in [1.807, 2.05) is 0 Å². The molecule has 2 aromatic rings. The molecule has 0 aliphatic carbocycles. The van der Waals surface area contributed by atoms with Crippen molar-refractivity contribution in [2.75, 3.05) is 0 Å². The zero-order chi connectivity index (χ0) is 39.6. The van der Waals surface area contributed by atoms with Crippen molar-refractivity contribution in [1.29, 1.82) is 0 Å². The van der Waals surface area contributed by atoms with Gasteiger partial charge >= 0.3 is 17.9 Å². The summed E-state index contributed by atoms with van der Waals surface area (Å²) in [6, 6.07) is 0.451. The summed E-state index contributed by atoms with van der Waals surface area (Å²) in [5, 5.41) is 59.9. The molecule has 0 aromatic heterocycles. The van der Waals surface area contributed by atoms with Gasteiger partial charge in [-0.25, -0.2) is 4.79 Å². The van der Waals surface area contributed by atoms with Crippen molar-refractivity contribution in [3.05, 3.63) is 64.6 Å². The molecule has 19 nitrogen and oxygen atoms in total. The Bertz CT molecular complexity index is 1760. The Morgan fingerprint density at radius 3 is 1.64 bits per heavy atom. The maximum atomic E-state index is 14.3. The van der Waals surface area contributed by atoms with Crippen LogP contribution >= 0.6 is 23.5 Å². The van der Waals surface area contributed by atoms with Gasteiger partial charge in [0.25, 0.3) is 5.91 Å². The number of nitroso groups, excluding NO2 is 1. The van der Waals surface area contributed by atoms with Gasteiger partial charge in [-0.3, -0.25) is 34.6 Å². The predicted molar refractivity (Wildman–Crippen MR) is 190 cm³/mol. The summed E-state index contributed by atoms with van der Waals surface area (Å²) < 4.78 is -2.14. The Morgan fingerprint density at radius 2 is 1.21 bits per heavy atom. The van der Waals surface area contributed by atoms with Gasteiger partial charge < -0.3 is 41.9 Å². The molecule has 2 fully saturated rings. The highest BCUT2D eigenvalue weighted by atomic mass is 32.2. The quantitative estimate of drug-likeness (QED) is 0.0904. The van der Waals surface area contributed by atoms with Crippen LogP contribution in [-0.4, -0.2) is 111 Å². The molecule has 2 aliphatic heterocycles. The van der Waals surface area contributed by atoms with Crippen LogP contribution in [0.25, 0.3) is 0 Å². The third-order valence-electron chi connectivity index (χ3n) is 8.70. The average molecular weight is 778 g/mol. The number of nitrogens with one attached hydrogen (secondary N) is 4. The number of carbonyl (C=O) groups excluding carboxylic acids is 3. The van der Waals surface area contributed by atoms with E-state index in [0.717, 1.165) is 35.7 Å². The topological polar surface area (TPSA) is 310 Å². The number of nitrogens with zero attached hydrogens (tertiary/aromatic N) is 2. The predicted octanol–water partition coefficient (Wildman–Crippen LogP) is 0.192. The lowest BCUT2D eigenvalue weighted by atomic mass is 10.0. The fraction of sp³-hybridized carbons (Fsp3) is 0.438. The number of amides is 3. The van der Waals surface area contributed by atoms with Crippen LogP contribution < -0.4 is 27.0 Å². The van der Waals surface area contributed by atoms with Crippen LogP contribution in [0.5, 0.6) is 11.5 Å². The molecule has 0 radical (unpaired) electrons. The monoisotopic (exact) mass is 777 g/mol. The number of hydrogen-bond acceptors (Lipinski definition) is 15. The van der Waals surface area contributed by atoms with Crippen molar-refractivity contribution in [3.63, 3.8) is 0 Å². The van der Waals surface area contributed by atoms with E-state index < -0.39 is 92.1 Å². The molecule has 2 saturated heterocycles. The maximum absolute atomic E-state index is 14.3. The first-order valence-electron chi connectivity index (χ1n) is 15.8. The normalized spacial score (nSPS) is 23.8. The number of aromatic hydroxyl groups is 2. The largest absolute Gasteiger partial charge is 0.508 e. The number of phenols is 2. The molecule has 0 unspecified atom stereocenters. The first-order chi connectivity index (χ1) is 24.7. The van der Waals surface area contributed by atoms with Crippen molar-refractivity contribution in [3.8, 4) is 11.5 Å². The number of rotatable bonds is 14. The van der Waals surface area contributed by atoms with E-state index in [1.54, 1.807) is 13.8 Å². The van der Waals surface area contributed by atoms with E-state index in [1.165, 1.54) is 50.2 Å². The Labute approximate surface area is 310 Å². The molecule has 0 bridgehead atoms. The number of thioether (sulfide) groups is 2. The second-order valence-corrected chi connectivity index (χ2v) is 16.9. The number of aliphatic carboxylic acids is 3. The van der Waals surface area contributed by atoms with E-state index >= 15 is 0 Å². The molecule has 8 atom stereocenters. The van der Waals surface area contributed by atoms with Crippen LogP contribution in [-0.2, 0) is 28.8 Å². The molecule has 4 rings (SSSR count). The highest BCUT2D eigenvalue weighted by Gasteiger charge is 2.53. The fourth-order valence-corrected chi connectivity index (χ4v) is 8.93. The molecule has 53 heavy (non-hydrogen) atoms. The summed E-state index contributed by atoms with van der Waals surface area (Å²) in [5.74, 6) is -8.06. The first kappa shape index (κ1) is 40.8. The molecule has 21 heteroatoms. The maximum Gasteiger partial charge on any atom is 0.331 e. The Hall–Kier alpha value is -4.96. The number of carboxylic acid groups (broad SMARTS) is 3. The SMILES string of the molecule is CC1(C)S[C@H]([C@H](NC(=O)[C@H](N)c2ccc(O)cc2)C(=O)N[C@@H](C(=O)N(N=O)[C@H](C(=O)O)[C@@H]2N[C@@H](C(=O)O)C(C)(C)S2)c2ccc(O)cc2)N[C@H]1C(=O)O. The van der Waals surface area contributed by atoms with Crippen molar-refractivity contribution in [2.24, 2.45) is 11.0 Å². The molecule has 2 aromatic carbocycles. The number of carboxylic acids is 3. The smallest absolute Gasteiger partial charge is 0.331 e. The van der Waals surface area contributed by atoms with Gasteiger partial charge in [-0.1, -0.05) is 24.3 Å². The fourth-order valence-electron chi connectivity index (χ4n) is 5.91. The van der Waals surface area contributed by atoms with E-state index in [4.69, 9.17) is 5.73 Å². The zero-order valence-corrected chi connectivity index (χ0v) is 30.3. The van der Waals surface area contributed by atoms with Crippen LogP contribution in [0, 0.1) is 4.91 Å². The van der Waals surface area contributed by atoms with Gasteiger partial charge in [0.2, 0.25) is 11.8 Å². The minimum atomic E-state index is -2.09. The number of benzene rings is 2. The third-order valence-corrected chi connectivity index (χ3v) is 11.7. The summed E-state index contributed by atoms with van der Waals surface area (Å²) in [5.41, 5.74) is 6.34. The summed E-state index contributed by atoms with van der Waals surface area (Å²) in [4.78, 5) is 90.9. The van der Waals surface area contributed by atoms with Gasteiger partial charge in [0.05, 0.1) is 16.0 Å². The lowest BCUT2D eigenvalue weighted by Gasteiger charge is -2.31. The molecular weight excluding hydrogens is 739 g/mol. The number of nitrogens with two attached hydrogens (primary N) is 1. The van der Waals surface area contributed by atoms with Gasteiger partial charge in [0, 0.05) is 9.49 Å². The summed E-state index contributed by atoms with van der Waals surface area (Å²) in [6.07, 6.45) is 0. The number of phenolic OH excluding ortho intramolecular Hbond substituents is 2. The van der Waals surface area contributed by atoms with Crippen LogP contribution in [0.4, 0.5) is 0 Å².